The Morgan fingerprint density at radius 3 is 2.16 bits per heavy atom. The Labute approximate surface area is 111 Å². The molecule has 1 nitrogen and oxygen atoms in total. The zero-order chi connectivity index (χ0) is 13.8. The first kappa shape index (κ1) is 13.1. The van der Waals surface area contributed by atoms with E-state index >= 15 is 0 Å². The van der Waals surface area contributed by atoms with Crippen LogP contribution in [0.1, 0.15) is 11.1 Å². The fourth-order valence-corrected chi connectivity index (χ4v) is 1.57. The Bertz CT molecular complexity index is 634. The highest BCUT2D eigenvalue weighted by Crippen LogP contribution is 2.12. The third kappa shape index (κ3) is 3.32. The summed E-state index contributed by atoms with van der Waals surface area (Å²) in [6, 6.07) is 11.0. The molecule has 19 heavy (non-hydrogen) atoms. The van der Waals surface area contributed by atoms with Crippen LogP contribution in [0, 0.1) is 23.5 Å². The van der Waals surface area contributed by atoms with Crippen molar-refractivity contribution in [1.29, 1.82) is 0 Å². The second-order valence-electron chi connectivity index (χ2n) is 4.32. The Kier molecular flexibility index (Phi) is 3.82. The lowest BCUT2D eigenvalue weighted by Crippen LogP contribution is -2.07. The zero-order valence-electron chi connectivity index (χ0n) is 10.7. The molecule has 0 atom stereocenters. The summed E-state index contributed by atoms with van der Waals surface area (Å²) in [5.74, 6) is 4.32. The van der Waals surface area contributed by atoms with Gasteiger partial charge in [-0.05, 0) is 36.4 Å². The highest BCUT2D eigenvalue weighted by Gasteiger charge is 2.00. The second kappa shape index (κ2) is 5.53. The number of hydrogen-bond donors (Lipinski definition) is 0. The summed E-state index contributed by atoms with van der Waals surface area (Å²) < 4.78 is 26.1. The molecule has 0 aromatic heterocycles. The van der Waals surface area contributed by atoms with Crippen LogP contribution >= 0.6 is 0 Å². The maximum absolute atomic E-state index is 13.4. The average molecular weight is 257 g/mol. The normalized spacial score (nSPS) is 9.68. The molecule has 2 rings (SSSR count). The molecular formula is C16H13F2N. The maximum atomic E-state index is 13.4. The Balaban J connectivity index is 2.24. The average Bonchev–Trinajstić information content (AvgIpc) is 2.38. The van der Waals surface area contributed by atoms with Crippen LogP contribution in [0.4, 0.5) is 14.5 Å². The monoisotopic (exact) mass is 257 g/mol. The van der Waals surface area contributed by atoms with E-state index in [2.05, 4.69) is 11.8 Å². The largest absolute Gasteiger partial charge is 0.378 e. The summed E-state index contributed by atoms with van der Waals surface area (Å²) >= 11 is 0. The third-order valence-electron chi connectivity index (χ3n) is 2.66. The highest BCUT2D eigenvalue weighted by atomic mass is 19.1. The Morgan fingerprint density at radius 1 is 0.895 bits per heavy atom. The molecule has 0 amide bonds. The van der Waals surface area contributed by atoms with Crippen LogP contribution < -0.4 is 4.90 Å². The Hall–Kier alpha value is -2.34. The van der Waals surface area contributed by atoms with Crippen LogP contribution in [0.3, 0.4) is 0 Å². The maximum Gasteiger partial charge on any atom is 0.141 e. The van der Waals surface area contributed by atoms with Crippen molar-refractivity contribution >= 4 is 5.69 Å². The third-order valence-corrected chi connectivity index (χ3v) is 2.66. The molecule has 0 spiro atoms. The summed E-state index contributed by atoms with van der Waals surface area (Å²) in [5.41, 5.74) is 2.05. The minimum atomic E-state index is -0.641. The first-order chi connectivity index (χ1) is 9.06. The lowest BCUT2D eigenvalue weighted by atomic mass is 10.1. The molecule has 2 aromatic carbocycles. The van der Waals surface area contributed by atoms with Crippen molar-refractivity contribution in [3.8, 4) is 11.8 Å². The van der Waals surface area contributed by atoms with E-state index in [0.29, 0.717) is 0 Å². The molecule has 0 aliphatic carbocycles. The molecule has 0 aliphatic rings. The molecule has 3 heteroatoms. The highest BCUT2D eigenvalue weighted by molar-refractivity contribution is 5.51. The fourth-order valence-electron chi connectivity index (χ4n) is 1.57. The van der Waals surface area contributed by atoms with Gasteiger partial charge < -0.3 is 4.90 Å². The van der Waals surface area contributed by atoms with Crippen LogP contribution in [0.15, 0.2) is 42.5 Å². The van der Waals surface area contributed by atoms with E-state index in [4.69, 9.17) is 0 Å². The lowest BCUT2D eigenvalue weighted by Gasteiger charge is -2.11. The van der Waals surface area contributed by atoms with Crippen LogP contribution in [-0.2, 0) is 0 Å². The molecular weight excluding hydrogens is 244 g/mol. The number of rotatable bonds is 1. The van der Waals surface area contributed by atoms with Crippen molar-refractivity contribution in [2.24, 2.45) is 0 Å². The molecule has 0 N–H and O–H groups in total. The van der Waals surface area contributed by atoms with Gasteiger partial charge in [-0.1, -0.05) is 11.8 Å². The van der Waals surface area contributed by atoms with Crippen molar-refractivity contribution in [2.75, 3.05) is 19.0 Å². The predicted octanol–water partition coefficient (Wildman–Crippen LogP) is 3.43. The van der Waals surface area contributed by atoms with Crippen LogP contribution in [0.25, 0.3) is 0 Å². The van der Waals surface area contributed by atoms with Gasteiger partial charge in [0.25, 0.3) is 0 Å². The van der Waals surface area contributed by atoms with E-state index in [0.717, 1.165) is 17.3 Å². The first-order valence-corrected chi connectivity index (χ1v) is 5.81. The summed E-state index contributed by atoms with van der Waals surface area (Å²) in [6.07, 6.45) is 0. The summed E-state index contributed by atoms with van der Waals surface area (Å²) in [4.78, 5) is 1.98. The number of benzene rings is 2. The molecule has 0 fully saturated rings. The lowest BCUT2D eigenvalue weighted by molar-refractivity contribution is 0.581. The van der Waals surface area contributed by atoms with E-state index in [-0.39, 0.29) is 5.56 Å². The van der Waals surface area contributed by atoms with Gasteiger partial charge in [-0.2, -0.15) is 0 Å². The van der Waals surface area contributed by atoms with Crippen molar-refractivity contribution in [1.82, 2.24) is 0 Å². The molecule has 0 bridgehead atoms. The Morgan fingerprint density at radius 2 is 1.58 bits per heavy atom. The second-order valence-corrected chi connectivity index (χ2v) is 4.32. The van der Waals surface area contributed by atoms with Crippen LogP contribution in [0.5, 0.6) is 0 Å². The standard InChI is InChI=1S/C16H13F2N/c1-19(2)15-9-4-12(5-10-15)3-6-13-7-8-14(17)11-16(13)18/h4-5,7-11H,1-2H3. The minimum Gasteiger partial charge on any atom is -0.378 e. The fraction of sp³-hybridized carbons (Fsp3) is 0.125. The van der Waals surface area contributed by atoms with Gasteiger partial charge in [0.15, 0.2) is 0 Å². The minimum absolute atomic E-state index is 0.193. The zero-order valence-corrected chi connectivity index (χ0v) is 10.7. The molecule has 0 heterocycles. The van der Waals surface area contributed by atoms with Gasteiger partial charge in [0, 0.05) is 31.4 Å². The number of hydrogen-bond acceptors (Lipinski definition) is 1. The van der Waals surface area contributed by atoms with Crippen molar-refractivity contribution in [2.45, 2.75) is 0 Å². The van der Waals surface area contributed by atoms with Crippen LogP contribution in [0.2, 0.25) is 0 Å². The number of anilines is 1. The van der Waals surface area contributed by atoms with Gasteiger partial charge >= 0.3 is 0 Å². The van der Waals surface area contributed by atoms with E-state index < -0.39 is 11.6 Å². The molecule has 0 unspecified atom stereocenters. The first-order valence-electron chi connectivity index (χ1n) is 5.81. The molecule has 2 aromatic rings. The van der Waals surface area contributed by atoms with Gasteiger partial charge in [-0.25, -0.2) is 8.78 Å². The number of nitrogens with zero attached hydrogens (tertiary/aromatic N) is 1. The van der Waals surface area contributed by atoms with Crippen molar-refractivity contribution in [3.05, 3.63) is 65.2 Å². The number of halogens is 2. The summed E-state index contributed by atoms with van der Waals surface area (Å²) in [5, 5.41) is 0. The molecule has 0 saturated carbocycles. The van der Waals surface area contributed by atoms with E-state index in [9.17, 15) is 8.78 Å². The van der Waals surface area contributed by atoms with E-state index in [1.807, 2.05) is 43.3 Å². The predicted molar refractivity (Wildman–Crippen MR) is 73.1 cm³/mol. The van der Waals surface area contributed by atoms with Gasteiger partial charge in [0.1, 0.15) is 11.6 Å². The van der Waals surface area contributed by atoms with Crippen molar-refractivity contribution < 1.29 is 8.78 Å². The quantitative estimate of drug-likeness (QED) is 0.707. The smallest absolute Gasteiger partial charge is 0.141 e. The van der Waals surface area contributed by atoms with Crippen molar-refractivity contribution in [3.63, 3.8) is 0 Å². The SMILES string of the molecule is CN(C)c1ccc(C#Cc2ccc(F)cc2F)cc1. The molecule has 0 aliphatic heterocycles. The van der Waals surface area contributed by atoms with Gasteiger partial charge in [-0.3, -0.25) is 0 Å². The van der Waals surface area contributed by atoms with E-state index in [1.165, 1.54) is 12.1 Å². The van der Waals surface area contributed by atoms with Crippen LogP contribution in [-0.4, -0.2) is 14.1 Å². The van der Waals surface area contributed by atoms with Gasteiger partial charge in [0.2, 0.25) is 0 Å². The summed E-state index contributed by atoms with van der Waals surface area (Å²) in [6.45, 7) is 0. The van der Waals surface area contributed by atoms with E-state index in [1.54, 1.807) is 0 Å². The molecule has 96 valence electrons. The topological polar surface area (TPSA) is 3.24 Å². The van der Waals surface area contributed by atoms with Gasteiger partial charge in [-0.15, -0.1) is 0 Å². The summed E-state index contributed by atoms with van der Waals surface area (Å²) in [7, 11) is 3.91. The molecule has 0 radical (unpaired) electrons. The molecule has 0 saturated heterocycles. The van der Waals surface area contributed by atoms with Gasteiger partial charge in [0.05, 0.1) is 5.56 Å².